The van der Waals surface area contributed by atoms with Gasteiger partial charge in [-0.05, 0) is 56.2 Å². The summed E-state index contributed by atoms with van der Waals surface area (Å²) in [6.45, 7) is 4.10. The molecular formula is C24H28N4O2S. The van der Waals surface area contributed by atoms with E-state index in [0.717, 1.165) is 35.9 Å². The number of amides is 1. The Kier molecular flexibility index (Phi) is 6.53. The monoisotopic (exact) mass is 436 g/mol. The van der Waals surface area contributed by atoms with Gasteiger partial charge in [0, 0.05) is 48.9 Å². The van der Waals surface area contributed by atoms with Crippen LogP contribution in [-0.2, 0) is 0 Å². The molecule has 3 heterocycles. The number of rotatable bonds is 7. The van der Waals surface area contributed by atoms with Crippen LogP contribution in [0.2, 0.25) is 0 Å². The Balaban J connectivity index is 1.60. The van der Waals surface area contributed by atoms with Crippen LogP contribution in [0.3, 0.4) is 0 Å². The summed E-state index contributed by atoms with van der Waals surface area (Å²) in [7, 11) is 3.93. The quantitative estimate of drug-likeness (QED) is 0.599. The first-order valence-electron chi connectivity index (χ1n) is 10.5. The van der Waals surface area contributed by atoms with E-state index >= 15 is 0 Å². The molecule has 1 atom stereocenters. The maximum absolute atomic E-state index is 13.4. The lowest BCUT2D eigenvalue weighted by molar-refractivity contribution is 0.0990. The van der Waals surface area contributed by atoms with Gasteiger partial charge in [0.15, 0.2) is 0 Å². The molecule has 3 aromatic rings. The van der Waals surface area contributed by atoms with Gasteiger partial charge in [-0.15, -0.1) is 11.3 Å². The summed E-state index contributed by atoms with van der Waals surface area (Å²) in [4.78, 5) is 23.0. The Bertz CT molecular complexity index is 1040. The topological polar surface area (TPSA) is 57.7 Å². The van der Waals surface area contributed by atoms with Crippen LogP contribution in [0.25, 0.3) is 0 Å². The second kappa shape index (κ2) is 9.49. The number of hydrogen-bond acceptors (Lipinski definition) is 6. The minimum absolute atomic E-state index is 0.0263. The van der Waals surface area contributed by atoms with E-state index in [-0.39, 0.29) is 12.0 Å². The maximum Gasteiger partial charge on any atom is 0.262 e. The first kappa shape index (κ1) is 21.3. The molecule has 0 saturated heterocycles. The summed E-state index contributed by atoms with van der Waals surface area (Å²) in [5.74, 6) is 1.47. The number of ether oxygens (including phenoxy) is 1. The number of carbonyl (C=O) groups is 1. The Morgan fingerprint density at radius 1 is 1.19 bits per heavy atom. The van der Waals surface area contributed by atoms with Crippen molar-refractivity contribution in [3.05, 3.63) is 70.0 Å². The van der Waals surface area contributed by atoms with Gasteiger partial charge in [0.05, 0.1) is 5.56 Å². The van der Waals surface area contributed by atoms with E-state index in [1.807, 2.05) is 73.3 Å². The molecule has 0 unspecified atom stereocenters. The van der Waals surface area contributed by atoms with Gasteiger partial charge in [-0.2, -0.15) is 0 Å². The minimum Gasteiger partial charge on any atom is -0.485 e. The van der Waals surface area contributed by atoms with Gasteiger partial charge >= 0.3 is 0 Å². The molecule has 7 heteroatoms. The van der Waals surface area contributed by atoms with Crippen LogP contribution < -0.4 is 19.9 Å². The summed E-state index contributed by atoms with van der Waals surface area (Å²) in [6, 6.07) is 15.7. The molecule has 1 aromatic carbocycles. The Morgan fingerprint density at radius 2 is 2.06 bits per heavy atom. The van der Waals surface area contributed by atoms with Crippen molar-refractivity contribution < 1.29 is 9.53 Å². The lowest BCUT2D eigenvalue weighted by atomic mass is 10.2. The summed E-state index contributed by atoms with van der Waals surface area (Å²) < 4.78 is 6.37. The Hall–Kier alpha value is -2.90. The van der Waals surface area contributed by atoms with Gasteiger partial charge in [0.25, 0.3) is 5.91 Å². The molecule has 1 amide bonds. The predicted molar refractivity (Wildman–Crippen MR) is 127 cm³/mol. The number of likely N-dealkylation sites (N-methyl/N-ethyl adjacent to an activating group) is 1. The van der Waals surface area contributed by atoms with Crippen molar-refractivity contribution in [3.63, 3.8) is 0 Å². The lowest BCUT2D eigenvalue weighted by Crippen LogP contribution is -2.33. The summed E-state index contributed by atoms with van der Waals surface area (Å²) >= 11 is 1.70. The zero-order valence-electron chi connectivity index (χ0n) is 18.2. The van der Waals surface area contributed by atoms with Crippen LogP contribution >= 0.6 is 11.3 Å². The van der Waals surface area contributed by atoms with Crippen molar-refractivity contribution in [1.82, 2.24) is 10.3 Å². The molecule has 1 aliphatic rings. The number of pyridine rings is 1. The third kappa shape index (κ3) is 4.73. The van der Waals surface area contributed by atoms with Crippen LogP contribution in [0.15, 0.2) is 53.9 Å². The second-order valence-corrected chi connectivity index (χ2v) is 8.69. The van der Waals surface area contributed by atoms with Gasteiger partial charge in [0.2, 0.25) is 0 Å². The van der Waals surface area contributed by atoms with Crippen molar-refractivity contribution in [2.75, 3.05) is 43.5 Å². The van der Waals surface area contributed by atoms with Crippen LogP contribution in [0.5, 0.6) is 5.75 Å². The number of aromatic nitrogens is 1. The van der Waals surface area contributed by atoms with Crippen LogP contribution in [0.4, 0.5) is 11.5 Å². The molecule has 2 aromatic heterocycles. The smallest absolute Gasteiger partial charge is 0.262 e. The molecule has 0 saturated carbocycles. The van der Waals surface area contributed by atoms with E-state index in [4.69, 9.17) is 4.74 Å². The number of benzene rings is 1. The van der Waals surface area contributed by atoms with Crippen molar-refractivity contribution >= 4 is 28.7 Å². The third-order valence-corrected chi connectivity index (χ3v) is 6.40. The second-order valence-electron chi connectivity index (χ2n) is 7.71. The van der Waals surface area contributed by atoms with Gasteiger partial charge in [0.1, 0.15) is 17.7 Å². The number of nitrogens with one attached hydrogen (secondary N) is 1. The normalized spacial score (nSPS) is 14.9. The highest BCUT2D eigenvalue weighted by Crippen LogP contribution is 2.32. The fourth-order valence-electron chi connectivity index (χ4n) is 3.75. The van der Waals surface area contributed by atoms with Gasteiger partial charge in [-0.1, -0.05) is 12.1 Å². The third-order valence-electron chi connectivity index (χ3n) is 5.44. The molecular weight excluding hydrogens is 408 g/mol. The highest BCUT2D eigenvalue weighted by molar-refractivity contribution is 7.10. The van der Waals surface area contributed by atoms with E-state index in [2.05, 4.69) is 21.7 Å². The van der Waals surface area contributed by atoms with Crippen molar-refractivity contribution in [2.24, 2.45) is 0 Å². The van der Waals surface area contributed by atoms with Crippen molar-refractivity contribution in [1.29, 1.82) is 0 Å². The zero-order valence-corrected chi connectivity index (χ0v) is 19.0. The van der Waals surface area contributed by atoms with Crippen molar-refractivity contribution in [2.45, 2.75) is 19.4 Å². The molecule has 1 N–H and O–H groups in total. The number of hydrogen-bond donors (Lipinski definition) is 1. The summed E-state index contributed by atoms with van der Waals surface area (Å²) in [6.07, 6.45) is 0.842. The SMILES string of the molecule is CNCC[C@H](Oc1cccc(N2CCN(C)c3nc(C)ccc3C2=O)c1)c1cccs1. The molecule has 0 aliphatic carbocycles. The zero-order chi connectivity index (χ0) is 21.8. The first-order chi connectivity index (χ1) is 15.1. The number of aryl methyl sites for hydroxylation is 1. The number of fused-ring (bicyclic) bond motifs is 1. The number of thiophene rings is 1. The molecule has 6 nitrogen and oxygen atoms in total. The molecule has 162 valence electrons. The lowest BCUT2D eigenvalue weighted by Gasteiger charge is -2.23. The van der Waals surface area contributed by atoms with E-state index in [1.165, 1.54) is 4.88 Å². The number of carbonyl (C=O) groups excluding carboxylic acids is 1. The largest absolute Gasteiger partial charge is 0.485 e. The average Bonchev–Trinajstić information content (AvgIpc) is 3.28. The first-order valence-corrected chi connectivity index (χ1v) is 11.4. The molecule has 0 radical (unpaired) electrons. The highest BCUT2D eigenvalue weighted by atomic mass is 32.1. The predicted octanol–water partition coefficient (Wildman–Crippen LogP) is 4.28. The van der Waals surface area contributed by atoms with Gasteiger partial charge in [-0.3, -0.25) is 4.79 Å². The summed E-state index contributed by atoms with van der Waals surface area (Å²) in [5.41, 5.74) is 2.37. The average molecular weight is 437 g/mol. The standard InChI is InChI=1S/C24H28N4O2S/c1-17-9-10-20-23(26-17)27(3)13-14-28(24(20)29)18-6-4-7-19(16-18)30-21(11-12-25-2)22-8-5-15-31-22/h4-10,15-16,21,25H,11-14H2,1-3H3/t21-/m0/s1. The van der Waals surface area contributed by atoms with Gasteiger partial charge in [-0.25, -0.2) is 4.98 Å². The molecule has 0 spiro atoms. The van der Waals surface area contributed by atoms with Crippen molar-refractivity contribution in [3.8, 4) is 5.75 Å². The maximum atomic E-state index is 13.4. The van der Waals surface area contributed by atoms with E-state index in [0.29, 0.717) is 18.7 Å². The number of nitrogens with zero attached hydrogens (tertiary/aromatic N) is 3. The van der Waals surface area contributed by atoms with E-state index in [9.17, 15) is 4.79 Å². The summed E-state index contributed by atoms with van der Waals surface area (Å²) in [5, 5.41) is 5.27. The van der Waals surface area contributed by atoms with Gasteiger partial charge < -0.3 is 19.9 Å². The Morgan fingerprint density at radius 3 is 2.84 bits per heavy atom. The van der Waals surface area contributed by atoms with Crippen LogP contribution in [0.1, 0.15) is 33.5 Å². The molecule has 0 fully saturated rings. The van der Waals surface area contributed by atoms with Crippen LogP contribution in [0, 0.1) is 6.92 Å². The fraction of sp³-hybridized carbons (Fsp3) is 0.333. The van der Waals surface area contributed by atoms with E-state index in [1.54, 1.807) is 11.3 Å². The van der Waals surface area contributed by atoms with Crippen LogP contribution in [-0.4, -0.2) is 44.6 Å². The minimum atomic E-state index is -0.0333. The molecule has 1 aliphatic heterocycles. The van der Waals surface area contributed by atoms with E-state index < -0.39 is 0 Å². The number of anilines is 2. The fourth-order valence-corrected chi connectivity index (χ4v) is 4.54. The molecule has 4 rings (SSSR count). The molecule has 0 bridgehead atoms. The Labute approximate surface area is 187 Å². The highest BCUT2D eigenvalue weighted by Gasteiger charge is 2.27. The molecule has 31 heavy (non-hydrogen) atoms.